The lowest BCUT2D eigenvalue weighted by atomic mass is 9.52. The Morgan fingerprint density at radius 3 is 0.892 bits per heavy atom. The lowest BCUT2D eigenvalue weighted by Gasteiger charge is -2.48. The highest BCUT2D eigenvalue weighted by atomic mass is 14.9. The van der Waals surface area contributed by atoms with Gasteiger partial charge in [-0.2, -0.15) is 0 Å². The molecule has 0 N–H and O–H groups in total. The third-order valence-electron chi connectivity index (χ3n) is 16.2. The minimum atomic E-state index is -0.556. The fourth-order valence-corrected chi connectivity index (χ4v) is 13.0. The maximum atomic E-state index is 5.29. The first-order valence-corrected chi connectivity index (χ1v) is 25.6. The van der Waals surface area contributed by atoms with Crippen LogP contribution in [-0.4, -0.2) is 9.97 Å². The Labute approximate surface area is 431 Å². The van der Waals surface area contributed by atoms with Gasteiger partial charge in [0.15, 0.2) is 5.82 Å². The van der Waals surface area contributed by atoms with Crippen LogP contribution in [0.4, 0.5) is 0 Å². The molecule has 11 aromatic carbocycles. The number of benzene rings is 11. The average molecular weight is 939 g/mol. The molecule has 1 heterocycles. The number of rotatable bonds is 6. The molecule has 0 atom stereocenters. The fourth-order valence-electron chi connectivity index (χ4n) is 13.0. The van der Waals surface area contributed by atoms with Crippen molar-refractivity contribution in [2.24, 2.45) is 0 Å². The van der Waals surface area contributed by atoms with Crippen LogP contribution in [0.5, 0.6) is 0 Å². The van der Waals surface area contributed by atoms with Crippen LogP contribution in [0, 0.1) is 0 Å². The van der Waals surface area contributed by atoms with Crippen molar-refractivity contribution in [3.8, 4) is 89.5 Å². The summed E-state index contributed by atoms with van der Waals surface area (Å²) in [5.41, 5.74) is 26.7. The van der Waals surface area contributed by atoms with Gasteiger partial charge < -0.3 is 0 Å². The first kappa shape index (κ1) is 42.2. The molecule has 344 valence electrons. The molecule has 0 saturated heterocycles. The minimum Gasteiger partial charge on any atom is -0.228 e. The lowest BCUT2D eigenvalue weighted by molar-refractivity contribution is 0.633. The van der Waals surface area contributed by atoms with Crippen molar-refractivity contribution in [3.05, 3.63) is 324 Å². The van der Waals surface area contributed by atoms with E-state index in [0.29, 0.717) is 5.82 Å². The molecule has 3 aliphatic carbocycles. The van der Waals surface area contributed by atoms with Crippen molar-refractivity contribution < 1.29 is 0 Å². The van der Waals surface area contributed by atoms with Gasteiger partial charge in [0.25, 0.3) is 0 Å². The van der Waals surface area contributed by atoms with E-state index in [2.05, 4.69) is 279 Å². The van der Waals surface area contributed by atoms with Crippen LogP contribution in [0.3, 0.4) is 0 Å². The molecule has 1 aromatic heterocycles. The van der Waals surface area contributed by atoms with Crippen LogP contribution in [0.2, 0.25) is 0 Å². The van der Waals surface area contributed by atoms with Crippen molar-refractivity contribution in [1.82, 2.24) is 9.97 Å². The van der Waals surface area contributed by atoms with Crippen LogP contribution in [0.1, 0.15) is 44.5 Å². The van der Waals surface area contributed by atoms with Crippen molar-refractivity contribution in [3.63, 3.8) is 0 Å². The Balaban J connectivity index is 0.862. The van der Waals surface area contributed by atoms with Crippen LogP contribution in [0.15, 0.2) is 279 Å². The molecular formula is C72H46N2. The van der Waals surface area contributed by atoms with E-state index in [0.717, 1.165) is 39.2 Å². The van der Waals surface area contributed by atoms with Gasteiger partial charge in [0, 0.05) is 16.7 Å². The highest BCUT2D eigenvalue weighted by Crippen LogP contribution is 2.67. The fraction of sp³-hybridized carbons (Fsp3) is 0.0278. The SMILES string of the molecule is c1ccc(-c2ccc(-c3cc(-c4ccc(-c5ccc6c(c5)C5(c7ccccc7-6)c6ccccc6C6(c7ccccc7-c7ccccc76)c6ccccc65)cc4)nc(-c4ccc(-c5ccccc5)cc4)n3)cc2)cc1. The van der Waals surface area contributed by atoms with E-state index in [9.17, 15) is 0 Å². The maximum absolute atomic E-state index is 5.29. The smallest absolute Gasteiger partial charge is 0.160 e. The zero-order chi connectivity index (χ0) is 48.8. The molecule has 12 aromatic rings. The molecule has 2 heteroatoms. The van der Waals surface area contributed by atoms with Crippen molar-refractivity contribution in [1.29, 1.82) is 0 Å². The molecule has 0 radical (unpaired) electrons. The summed E-state index contributed by atoms with van der Waals surface area (Å²) in [4.78, 5) is 10.5. The molecule has 2 nitrogen and oxygen atoms in total. The first-order valence-electron chi connectivity index (χ1n) is 25.6. The van der Waals surface area contributed by atoms with Gasteiger partial charge in [-0.25, -0.2) is 9.97 Å². The summed E-state index contributed by atoms with van der Waals surface area (Å²) in [6.45, 7) is 0. The van der Waals surface area contributed by atoms with E-state index in [4.69, 9.17) is 9.97 Å². The summed E-state index contributed by atoms with van der Waals surface area (Å²) in [7, 11) is 0. The maximum Gasteiger partial charge on any atom is 0.160 e. The molecule has 3 aliphatic rings. The second-order valence-corrected chi connectivity index (χ2v) is 19.9. The Hall–Kier alpha value is -9.50. The highest BCUT2D eigenvalue weighted by Gasteiger charge is 2.58. The van der Waals surface area contributed by atoms with E-state index < -0.39 is 10.8 Å². The van der Waals surface area contributed by atoms with Crippen LogP contribution in [-0.2, 0) is 10.8 Å². The molecule has 15 rings (SSSR count). The van der Waals surface area contributed by atoms with Gasteiger partial charge in [-0.3, -0.25) is 0 Å². The third-order valence-corrected chi connectivity index (χ3v) is 16.2. The summed E-state index contributed by atoms with van der Waals surface area (Å²) < 4.78 is 0. The van der Waals surface area contributed by atoms with Crippen LogP contribution < -0.4 is 0 Å². The average Bonchev–Trinajstić information content (AvgIpc) is 3.96. The van der Waals surface area contributed by atoms with Gasteiger partial charge in [-0.05, 0) is 112 Å². The molecule has 74 heavy (non-hydrogen) atoms. The zero-order valence-electron chi connectivity index (χ0n) is 40.5. The number of aromatic nitrogens is 2. The van der Waals surface area contributed by atoms with Crippen molar-refractivity contribution in [2.75, 3.05) is 0 Å². The van der Waals surface area contributed by atoms with Gasteiger partial charge in [-0.15, -0.1) is 0 Å². The Morgan fingerprint density at radius 2 is 0.473 bits per heavy atom. The second kappa shape index (κ2) is 16.5. The number of hydrogen-bond acceptors (Lipinski definition) is 2. The normalized spacial score (nSPS) is 13.6. The summed E-state index contributed by atoms with van der Waals surface area (Å²) >= 11 is 0. The van der Waals surface area contributed by atoms with E-state index in [1.165, 1.54) is 89.0 Å². The largest absolute Gasteiger partial charge is 0.228 e. The molecular weight excluding hydrogens is 893 g/mol. The first-order chi connectivity index (χ1) is 36.7. The molecule has 0 unspecified atom stereocenters. The predicted molar refractivity (Wildman–Crippen MR) is 303 cm³/mol. The zero-order valence-corrected chi connectivity index (χ0v) is 40.5. The summed E-state index contributed by atoms with van der Waals surface area (Å²) in [5.74, 6) is 0.691. The number of hydrogen-bond donors (Lipinski definition) is 0. The molecule has 0 bridgehead atoms. The van der Waals surface area contributed by atoms with Crippen LogP contribution in [0.25, 0.3) is 89.5 Å². The topological polar surface area (TPSA) is 25.8 Å². The molecule has 0 amide bonds. The molecule has 0 saturated carbocycles. The summed E-state index contributed by atoms with van der Waals surface area (Å²) in [6.07, 6.45) is 0. The van der Waals surface area contributed by atoms with E-state index in [1.54, 1.807) is 0 Å². The van der Waals surface area contributed by atoms with Gasteiger partial charge in [0.2, 0.25) is 0 Å². The summed E-state index contributed by atoms with van der Waals surface area (Å²) in [6, 6.07) is 103. The number of fused-ring (bicyclic) bond motifs is 16. The van der Waals surface area contributed by atoms with Gasteiger partial charge in [0.1, 0.15) is 0 Å². The highest BCUT2D eigenvalue weighted by molar-refractivity contribution is 5.94. The van der Waals surface area contributed by atoms with Crippen LogP contribution >= 0.6 is 0 Å². The molecule has 0 fully saturated rings. The molecule has 2 spiro atoms. The van der Waals surface area contributed by atoms with Gasteiger partial charge in [-0.1, -0.05) is 267 Å². The molecule has 0 aliphatic heterocycles. The Kier molecular flexibility index (Phi) is 9.43. The Morgan fingerprint density at radius 1 is 0.189 bits per heavy atom. The van der Waals surface area contributed by atoms with E-state index in [-0.39, 0.29) is 0 Å². The third kappa shape index (κ3) is 6.12. The predicted octanol–water partition coefficient (Wildman–Crippen LogP) is 17.5. The Bertz CT molecular complexity index is 3960. The standard InChI is InChI=1S/C72H46N2/c1-3-17-47(18-4-1)49-31-37-52(38-32-49)68-46-69(74-70(73-68)54-41-35-50(36-42-54)48-19-5-2-6-20-48)53-39-33-51(34-40-53)55-43-44-59-58-23-9-12-26-62(58)72(67(59)45-55)65-29-15-13-27-63(65)71(64-28-14-16-30-66(64)72)60-24-10-7-21-56(60)57-22-8-11-25-61(57)71/h1-46H. The second-order valence-electron chi connectivity index (χ2n) is 19.9. The number of nitrogens with zero attached hydrogens (tertiary/aromatic N) is 2. The lowest BCUT2D eigenvalue weighted by Crippen LogP contribution is -2.43. The van der Waals surface area contributed by atoms with E-state index >= 15 is 0 Å². The monoisotopic (exact) mass is 938 g/mol. The van der Waals surface area contributed by atoms with Crippen molar-refractivity contribution >= 4 is 0 Å². The van der Waals surface area contributed by atoms with Gasteiger partial charge >= 0.3 is 0 Å². The minimum absolute atomic E-state index is 0.477. The van der Waals surface area contributed by atoms with Crippen molar-refractivity contribution in [2.45, 2.75) is 10.8 Å². The van der Waals surface area contributed by atoms with E-state index in [1.807, 2.05) is 0 Å². The summed E-state index contributed by atoms with van der Waals surface area (Å²) in [5, 5.41) is 0. The van der Waals surface area contributed by atoms with Gasteiger partial charge in [0.05, 0.1) is 22.2 Å². The quantitative estimate of drug-likeness (QED) is 0.166.